The van der Waals surface area contributed by atoms with E-state index in [1.54, 1.807) is 12.4 Å². The number of cyclic esters (lactones) is 1. The smallest absolute Gasteiger partial charge is 0.410 e. The minimum Gasteiger partial charge on any atom is -0.447 e. The van der Waals surface area contributed by atoms with E-state index < -0.39 is 0 Å². The van der Waals surface area contributed by atoms with Crippen LogP contribution in [0, 0.1) is 0 Å². The predicted octanol–water partition coefficient (Wildman–Crippen LogP) is 3.57. The Hall–Kier alpha value is -2.41. The standard InChI is InChI=1S/C21H22BrN3O3/c22-17-10-15(12-23-13-17)11-20(26)24-8-6-18(7-9-24)25-19(14-28-21(25)27)16-4-2-1-3-5-16/h1-5,10,12-13,18-19H,6-9,11,14H2. The zero-order valence-corrected chi connectivity index (χ0v) is 17.0. The molecule has 1 aromatic heterocycles. The van der Waals surface area contributed by atoms with Crippen molar-refractivity contribution >= 4 is 27.9 Å². The van der Waals surface area contributed by atoms with Crippen molar-refractivity contribution in [2.24, 2.45) is 0 Å². The minimum absolute atomic E-state index is 0.0475. The second-order valence-electron chi connectivity index (χ2n) is 7.21. The molecule has 28 heavy (non-hydrogen) atoms. The van der Waals surface area contributed by atoms with Crippen LogP contribution in [0.2, 0.25) is 0 Å². The van der Waals surface area contributed by atoms with Crippen LogP contribution in [0.25, 0.3) is 0 Å². The van der Waals surface area contributed by atoms with Crippen molar-refractivity contribution in [3.63, 3.8) is 0 Å². The lowest BCUT2D eigenvalue weighted by Gasteiger charge is -2.38. The Bertz CT molecular complexity index is 853. The molecule has 0 radical (unpaired) electrons. The van der Waals surface area contributed by atoms with Crippen LogP contribution < -0.4 is 0 Å². The van der Waals surface area contributed by atoms with Crippen LogP contribution in [0.15, 0.2) is 53.3 Å². The molecule has 0 bridgehead atoms. The number of nitrogens with zero attached hydrogens (tertiary/aromatic N) is 3. The largest absolute Gasteiger partial charge is 0.447 e. The topological polar surface area (TPSA) is 62.7 Å². The molecule has 6 nitrogen and oxygen atoms in total. The van der Waals surface area contributed by atoms with E-state index in [2.05, 4.69) is 20.9 Å². The monoisotopic (exact) mass is 443 g/mol. The Balaban J connectivity index is 1.38. The van der Waals surface area contributed by atoms with Crippen LogP contribution in [0.1, 0.15) is 30.0 Å². The summed E-state index contributed by atoms with van der Waals surface area (Å²) in [4.78, 5) is 32.9. The molecule has 0 saturated carbocycles. The van der Waals surface area contributed by atoms with Crippen LogP contribution in [0.3, 0.4) is 0 Å². The third-order valence-corrected chi connectivity index (χ3v) is 5.86. The summed E-state index contributed by atoms with van der Waals surface area (Å²) in [5.74, 6) is 0.0990. The molecule has 1 unspecified atom stereocenters. The average molecular weight is 444 g/mol. The fourth-order valence-corrected chi connectivity index (χ4v) is 4.41. The zero-order valence-electron chi connectivity index (χ0n) is 15.5. The molecular weight excluding hydrogens is 422 g/mol. The number of likely N-dealkylation sites (tertiary alicyclic amines) is 1. The number of amides is 2. The van der Waals surface area contributed by atoms with Gasteiger partial charge in [-0.15, -0.1) is 0 Å². The van der Waals surface area contributed by atoms with Crippen LogP contribution >= 0.6 is 15.9 Å². The summed E-state index contributed by atoms with van der Waals surface area (Å²) >= 11 is 3.39. The molecule has 0 N–H and O–H groups in total. The second kappa shape index (κ2) is 8.31. The van der Waals surface area contributed by atoms with Crippen LogP contribution in [0.4, 0.5) is 4.79 Å². The van der Waals surface area contributed by atoms with Gasteiger partial charge in [0, 0.05) is 36.0 Å². The molecule has 2 fully saturated rings. The first-order valence-corrected chi connectivity index (χ1v) is 10.3. The predicted molar refractivity (Wildman–Crippen MR) is 108 cm³/mol. The van der Waals surface area contributed by atoms with E-state index in [1.807, 2.05) is 46.2 Å². The first kappa shape index (κ1) is 18.9. The summed E-state index contributed by atoms with van der Waals surface area (Å²) in [5.41, 5.74) is 1.99. The molecule has 7 heteroatoms. The fourth-order valence-electron chi connectivity index (χ4n) is 4.00. The average Bonchev–Trinajstić information content (AvgIpc) is 3.10. The molecule has 0 aliphatic carbocycles. The maximum Gasteiger partial charge on any atom is 0.410 e. The van der Waals surface area contributed by atoms with Gasteiger partial charge in [0.1, 0.15) is 6.61 Å². The molecule has 3 heterocycles. The maximum atomic E-state index is 12.6. The van der Waals surface area contributed by atoms with Crippen molar-refractivity contribution in [1.82, 2.24) is 14.8 Å². The molecule has 4 rings (SSSR count). The molecule has 1 atom stereocenters. The lowest BCUT2D eigenvalue weighted by atomic mass is 9.99. The van der Waals surface area contributed by atoms with Gasteiger partial charge in [0.25, 0.3) is 0 Å². The Morgan fingerprint density at radius 2 is 1.93 bits per heavy atom. The summed E-state index contributed by atoms with van der Waals surface area (Å²) in [6.07, 6.45) is 5.05. The number of hydrogen-bond acceptors (Lipinski definition) is 4. The lowest BCUT2D eigenvalue weighted by Crippen LogP contribution is -2.48. The maximum absolute atomic E-state index is 12.6. The normalized spacial score (nSPS) is 20.3. The number of piperidine rings is 1. The van der Waals surface area contributed by atoms with E-state index in [0.29, 0.717) is 26.1 Å². The number of pyridine rings is 1. The van der Waals surface area contributed by atoms with Crippen LogP contribution in [-0.2, 0) is 16.0 Å². The van der Waals surface area contributed by atoms with Crippen molar-refractivity contribution in [3.05, 3.63) is 64.4 Å². The number of carbonyl (C=O) groups excluding carboxylic acids is 2. The summed E-state index contributed by atoms with van der Waals surface area (Å²) in [5, 5.41) is 0. The number of aromatic nitrogens is 1. The summed E-state index contributed by atoms with van der Waals surface area (Å²) in [6, 6.07) is 12.0. The highest BCUT2D eigenvalue weighted by molar-refractivity contribution is 9.10. The van der Waals surface area contributed by atoms with Crippen molar-refractivity contribution in [2.75, 3.05) is 19.7 Å². The van der Waals surface area contributed by atoms with Crippen molar-refractivity contribution < 1.29 is 14.3 Å². The molecule has 1 aromatic carbocycles. The highest BCUT2D eigenvalue weighted by atomic mass is 79.9. The molecule has 0 spiro atoms. The van der Waals surface area contributed by atoms with Gasteiger partial charge in [-0.1, -0.05) is 30.3 Å². The van der Waals surface area contributed by atoms with Gasteiger partial charge < -0.3 is 9.64 Å². The second-order valence-corrected chi connectivity index (χ2v) is 8.13. The Kier molecular flexibility index (Phi) is 5.62. The van der Waals surface area contributed by atoms with Gasteiger partial charge in [-0.3, -0.25) is 14.7 Å². The third-order valence-electron chi connectivity index (χ3n) is 5.42. The van der Waals surface area contributed by atoms with Gasteiger partial charge in [0.15, 0.2) is 0 Å². The number of hydrogen-bond donors (Lipinski definition) is 0. The number of carbonyl (C=O) groups is 2. The molecule has 2 aromatic rings. The SMILES string of the molecule is O=C(Cc1cncc(Br)c1)N1CCC(N2C(=O)OCC2c2ccccc2)CC1. The van der Waals surface area contributed by atoms with E-state index in [4.69, 9.17) is 4.74 Å². The molecular formula is C21H22BrN3O3. The van der Waals surface area contributed by atoms with Crippen LogP contribution in [0.5, 0.6) is 0 Å². The summed E-state index contributed by atoms with van der Waals surface area (Å²) in [7, 11) is 0. The lowest BCUT2D eigenvalue weighted by molar-refractivity contribution is -0.131. The van der Waals surface area contributed by atoms with Gasteiger partial charge in [-0.05, 0) is 46.0 Å². The summed E-state index contributed by atoms with van der Waals surface area (Å²) in [6.45, 7) is 1.68. The fraction of sp³-hybridized carbons (Fsp3) is 0.381. The zero-order chi connectivity index (χ0) is 19.5. The van der Waals surface area contributed by atoms with E-state index >= 15 is 0 Å². The van der Waals surface area contributed by atoms with Gasteiger partial charge in [0.2, 0.25) is 5.91 Å². The van der Waals surface area contributed by atoms with Gasteiger partial charge in [-0.25, -0.2) is 4.79 Å². The van der Waals surface area contributed by atoms with Crippen molar-refractivity contribution in [1.29, 1.82) is 0 Å². The van der Waals surface area contributed by atoms with E-state index in [-0.39, 0.29) is 24.1 Å². The third kappa shape index (κ3) is 4.04. The minimum atomic E-state index is -0.251. The Labute approximate surface area is 172 Å². The van der Waals surface area contributed by atoms with Gasteiger partial charge in [-0.2, -0.15) is 0 Å². The number of halogens is 1. The first-order valence-electron chi connectivity index (χ1n) is 9.49. The van der Waals surface area contributed by atoms with E-state index in [9.17, 15) is 9.59 Å². The van der Waals surface area contributed by atoms with E-state index in [0.717, 1.165) is 28.4 Å². The number of rotatable bonds is 4. The summed E-state index contributed by atoms with van der Waals surface area (Å²) < 4.78 is 6.22. The first-order chi connectivity index (χ1) is 13.6. The molecule has 2 saturated heterocycles. The van der Waals surface area contributed by atoms with Gasteiger partial charge >= 0.3 is 6.09 Å². The van der Waals surface area contributed by atoms with Crippen molar-refractivity contribution in [2.45, 2.75) is 31.3 Å². The molecule has 2 aliphatic heterocycles. The molecule has 2 aliphatic rings. The number of benzene rings is 1. The Morgan fingerprint density at radius 3 is 2.64 bits per heavy atom. The highest BCUT2D eigenvalue weighted by Gasteiger charge is 2.40. The molecule has 2 amide bonds. The van der Waals surface area contributed by atoms with Crippen LogP contribution in [-0.4, -0.2) is 52.5 Å². The highest BCUT2D eigenvalue weighted by Crippen LogP contribution is 2.33. The number of ether oxygens (including phenoxy) is 1. The van der Waals surface area contributed by atoms with E-state index in [1.165, 1.54) is 0 Å². The Morgan fingerprint density at radius 1 is 1.18 bits per heavy atom. The van der Waals surface area contributed by atoms with Gasteiger partial charge in [0.05, 0.1) is 12.5 Å². The van der Waals surface area contributed by atoms with Crippen molar-refractivity contribution in [3.8, 4) is 0 Å². The quantitative estimate of drug-likeness (QED) is 0.724. The molecule has 146 valence electrons.